The molecule has 3 aliphatic rings. The third-order valence-electron chi connectivity index (χ3n) is 8.21. The molecule has 11 nitrogen and oxygen atoms in total. The molecule has 2 N–H and O–H groups in total. The van der Waals surface area contributed by atoms with Gasteiger partial charge in [-0.05, 0) is 30.7 Å². The van der Waals surface area contributed by atoms with Crippen LogP contribution in [0.4, 0.5) is 37.5 Å². The first-order valence-corrected chi connectivity index (χ1v) is 14.6. The number of benzene rings is 2. The van der Waals surface area contributed by atoms with Gasteiger partial charge in [0, 0.05) is 56.3 Å². The van der Waals surface area contributed by atoms with Gasteiger partial charge in [0.15, 0.2) is 5.82 Å². The second-order valence-electron chi connectivity index (χ2n) is 10.8. The Kier molecular flexibility index (Phi) is 8.87. The predicted molar refractivity (Wildman–Crippen MR) is 162 cm³/mol. The summed E-state index contributed by atoms with van der Waals surface area (Å²) < 4.78 is 40.5. The molecule has 6 rings (SSSR count). The SMILES string of the molecule is C=CC(=O)Nc1cc(Nc2cc(N3OCC[C@H]3c3c(F)cccc3F)ncn2)c(OC)cc1N1CC[C@@H](N2CCOCC2)C1. The highest BCUT2D eigenvalue weighted by Crippen LogP contribution is 2.41. The smallest absolute Gasteiger partial charge is 0.247 e. The average Bonchev–Trinajstić information content (AvgIpc) is 3.73. The molecule has 4 heterocycles. The largest absolute Gasteiger partial charge is 0.494 e. The van der Waals surface area contributed by atoms with E-state index in [2.05, 4.69) is 37.0 Å². The van der Waals surface area contributed by atoms with E-state index in [-0.39, 0.29) is 18.1 Å². The number of carbonyl (C=O) groups excluding carboxylic acids is 1. The van der Waals surface area contributed by atoms with Crippen molar-refractivity contribution in [3.63, 3.8) is 0 Å². The lowest BCUT2D eigenvalue weighted by atomic mass is 10.0. The van der Waals surface area contributed by atoms with Gasteiger partial charge in [0.05, 0.1) is 50.0 Å². The number of hydrogen-bond donors (Lipinski definition) is 2. The van der Waals surface area contributed by atoms with Gasteiger partial charge in [-0.25, -0.2) is 23.8 Å². The van der Waals surface area contributed by atoms with Crippen LogP contribution >= 0.6 is 0 Å². The molecule has 0 spiro atoms. The van der Waals surface area contributed by atoms with Crippen molar-refractivity contribution in [1.29, 1.82) is 0 Å². The topological polar surface area (TPSA) is 104 Å². The van der Waals surface area contributed by atoms with E-state index in [9.17, 15) is 13.6 Å². The van der Waals surface area contributed by atoms with Gasteiger partial charge in [-0.3, -0.25) is 14.5 Å². The van der Waals surface area contributed by atoms with E-state index in [1.54, 1.807) is 19.2 Å². The van der Waals surface area contributed by atoms with Crippen LogP contribution < -0.4 is 25.3 Å². The summed E-state index contributed by atoms with van der Waals surface area (Å²) in [5.74, 6) is -0.380. The van der Waals surface area contributed by atoms with E-state index >= 15 is 0 Å². The van der Waals surface area contributed by atoms with Crippen LogP contribution in [0.3, 0.4) is 0 Å². The molecule has 0 bridgehead atoms. The fraction of sp³-hybridized carbons (Fsp3) is 0.387. The van der Waals surface area contributed by atoms with Gasteiger partial charge in [0.2, 0.25) is 5.91 Å². The summed E-state index contributed by atoms with van der Waals surface area (Å²) in [5.41, 5.74) is 1.90. The van der Waals surface area contributed by atoms with Gasteiger partial charge >= 0.3 is 0 Å². The summed E-state index contributed by atoms with van der Waals surface area (Å²) in [6, 6.07) is 8.79. The monoisotopic (exact) mass is 607 g/mol. The van der Waals surface area contributed by atoms with Crippen molar-refractivity contribution in [1.82, 2.24) is 14.9 Å². The lowest BCUT2D eigenvalue weighted by Gasteiger charge is -2.32. The van der Waals surface area contributed by atoms with E-state index in [1.165, 1.54) is 35.7 Å². The lowest BCUT2D eigenvalue weighted by molar-refractivity contribution is -0.111. The van der Waals surface area contributed by atoms with E-state index < -0.39 is 17.7 Å². The van der Waals surface area contributed by atoms with Crippen LogP contribution in [0, 0.1) is 11.6 Å². The van der Waals surface area contributed by atoms with Gasteiger partial charge < -0.3 is 25.0 Å². The van der Waals surface area contributed by atoms with E-state index in [4.69, 9.17) is 14.3 Å². The van der Waals surface area contributed by atoms with Crippen LogP contribution in [0.2, 0.25) is 0 Å². The van der Waals surface area contributed by atoms with Gasteiger partial charge in [-0.15, -0.1) is 0 Å². The third-order valence-corrected chi connectivity index (χ3v) is 8.21. The van der Waals surface area contributed by atoms with Crippen molar-refractivity contribution in [3.8, 4) is 5.75 Å². The maximum atomic E-state index is 14.6. The molecular weight excluding hydrogens is 572 g/mol. The highest BCUT2D eigenvalue weighted by Gasteiger charge is 2.34. The summed E-state index contributed by atoms with van der Waals surface area (Å²) in [7, 11) is 1.57. The number of rotatable bonds is 9. The quantitative estimate of drug-likeness (QED) is 0.340. The van der Waals surface area contributed by atoms with Crippen LogP contribution in [0.15, 0.2) is 55.4 Å². The number of methoxy groups -OCH3 is 1. The average molecular weight is 608 g/mol. The number of aromatic nitrogens is 2. The molecule has 0 unspecified atom stereocenters. The van der Waals surface area contributed by atoms with Crippen LogP contribution in [-0.2, 0) is 14.4 Å². The number of anilines is 5. The molecule has 232 valence electrons. The molecule has 0 radical (unpaired) electrons. The number of nitrogens with one attached hydrogen (secondary N) is 2. The first-order chi connectivity index (χ1) is 21.4. The fourth-order valence-corrected chi connectivity index (χ4v) is 6.04. The van der Waals surface area contributed by atoms with Crippen LogP contribution in [-0.4, -0.2) is 79.9 Å². The summed E-state index contributed by atoms with van der Waals surface area (Å²) in [5, 5.41) is 7.60. The molecule has 0 aliphatic carbocycles. The predicted octanol–water partition coefficient (Wildman–Crippen LogP) is 4.43. The molecule has 3 saturated heterocycles. The van der Waals surface area contributed by atoms with Gasteiger partial charge in [0.1, 0.15) is 29.5 Å². The molecular formula is C31H35F2N7O4. The number of ether oxygens (including phenoxy) is 2. The van der Waals surface area contributed by atoms with Gasteiger partial charge in [-0.2, -0.15) is 0 Å². The second kappa shape index (κ2) is 13.1. The number of hydroxylamine groups is 1. The highest BCUT2D eigenvalue weighted by molar-refractivity contribution is 6.02. The van der Waals surface area contributed by atoms with Crippen molar-refractivity contribution in [2.24, 2.45) is 0 Å². The summed E-state index contributed by atoms with van der Waals surface area (Å²) in [4.78, 5) is 31.6. The molecule has 2 atom stereocenters. The van der Waals surface area contributed by atoms with Crippen LogP contribution in [0.5, 0.6) is 5.75 Å². The molecule has 13 heteroatoms. The number of nitrogens with zero attached hydrogens (tertiary/aromatic N) is 5. The van der Waals surface area contributed by atoms with Crippen molar-refractivity contribution in [3.05, 3.63) is 72.6 Å². The molecule has 1 aromatic heterocycles. The van der Waals surface area contributed by atoms with Crippen molar-refractivity contribution in [2.75, 3.05) is 73.7 Å². The first kappa shape index (κ1) is 29.7. The molecule has 3 aromatic rings. The first-order valence-electron chi connectivity index (χ1n) is 14.6. The molecule has 44 heavy (non-hydrogen) atoms. The number of amides is 1. The zero-order chi connectivity index (χ0) is 30.6. The molecule has 1 amide bonds. The van der Waals surface area contributed by atoms with Gasteiger partial charge in [-0.1, -0.05) is 12.6 Å². The Morgan fingerprint density at radius 3 is 2.61 bits per heavy atom. The van der Waals surface area contributed by atoms with E-state index in [1.807, 2.05) is 6.07 Å². The summed E-state index contributed by atoms with van der Waals surface area (Å²) >= 11 is 0. The second-order valence-corrected chi connectivity index (χ2v) is 10.8. The summed E-state index contributed by atoms with van der Waals surface area (Å²) in [6.07, 6.45) is 3.95. The minimum atomic E-state index is -0.699. The fourth-order valence-electron chi connectivity index (χ4n) is 6.04. The molecule has 3 fully saturated rings. The number of halogens is 2. The maximum Gasteiger partial charge on any atom is 0.247 e. The van der Waals surface area contributed by atoms with Crippen LogP contribution in [0.1, 0.15) is 24.4 Å². The number of carbonyl (C=O) groups is 1. The minimum Gasteiger partial charge on any atom is -0.494 e. The Morgan fingerprint density at radius 1 is 1.07 bits per heavy atom. The molecule has 3 aliphatic heterocycles. The summed E-state index contributed by atoms with van der Waals surface area (Å²) in [6.45, 7) is 8.79. The number of morpholine rings is 1. The molecule has 2 aromatic carbocycles. The van der Waals surface area contributed by atoms with Crippen molar-refractivity contribution in [2.45, 2.75) is 24.9 Å². The zero-order valence-corrected chi connectivity index (χ0v) is 24.5. The Balaban J connectivity index is 1.27. The van der Waals surface area contributed by atoms with Crippen LogP contribution in [0.25, 0.3) is 0 Å². The van der Waals surface area contributed by atoms with Crippen molar-refractivity contribution < 1.29 is 27.9 Å². The zero-order valence-electron chi connectivity index (χ0n) is 24.5. The molecule has 0 saturated carbocycles. The standard InChI is InChI=1S/C31H35F2N7O4/c1-3-30(41)37-23-15-24(27(42-2)16-26(23)39-9-7-20(18-39)38-10-13-43-14-11-38)36-28-17-29(35-19-34-28)40-25(8-12-44-40)31-21(32)5-4-6-22(31)33/h3-6,15-17,19-20,25H,1,7-14,18H2,2H3,(H,37,41)(H,34,35,36)/t20-,25+/m1/s1. The Labute approximate surface area is 254 Å². The lowest BCUT2D eigenvalue weighted by Crippen LogP contribution is -2.44. The normalized spacial score (nSPS) is 20.5. The van der Waals surface area contributed by atoms with Gasteiger partial charge in [0.25, 0.3) is 0 Å². The Hall–Kier alpha value is -4.33. The Bertz CT molecular complexity index is 1500. The van der Waals surface area contributed by atoms with E-state index in [0.717, 1.165) is 51.5 Å². The third kappa shape index (κ3) is 6.16. The minimum absolute atomic E-state index is 0.0734. The maximum absolute atomic E-state index is 14.6. The highest BCUT2D eigenvalue weighted by atomic mass is 19.1. The van der Waals surface area contributed by atoms with E-state index in [0.29, 0.717) is 41.2 Å². The Morgan fingerprint density at radius 2 is 1.86 bits per heavy atom. The number of hydrogen-bond acceptors (Lipinski definition) is 10. The van der Waals surface area contributed by atoms with Crippen molar-refractivity contribution >= 4 is 34.6 Å².